The van der Waals surface area contributed by atoms with E-state index in [0.29, 0.717) is 8.64 Å². The topological polar surface area (TPSA) is 33.2 Å². The maximum Gasteiger partial charge on any atom is 2.00 e. The largest absolute Gasteiger partial charge is 2.00 e. The molecule has 0 amide bonds. The van der Waals surface area contributed by atoms with Crippen molar-refractivity contribution in [1.29, 1.82) is 0 Å². The van der Waals surface area contributed by atoms with Gasteiger partial charge in [0.15, 0.2) is 0 Å². The van der Waals surface area contributed by atoms with E-state index >= 15 is 0 Å². The Morgan fingerprint density at radius 1 is 0.909 bits per heavy atom. The van der Waals surface area contributed by atoms with Gasteiger partial charge in [-0.25, -0.2) is 0 Å². The number of quaternary nitrogens is 2. The van der Waals surface area contributed by atoms with Gasteiger partial charge < -0.3 is 84.8 Å². The average Bonchev–Trinajstić information content (AvgIpc) is 1.89. The standard InChI is InChI=1S/2CH3NS3.Zn/c2*3-1(4)2-5;/h2*2H2,(H,3,4);/q;;+2/p-2. The summed E-state index contributed by atoms with van der Waals surface area (Å²) in [6.07, 6.45) is 0. The molecule has 0 bridgehead atoms. The monoisotopic (exact) mass is 312 g/mol. The van der Waals surface area contributed by atoms with E-state index in [0.717, 1.165) is 0 Å². The minimum absolute atomic E-state index is 0. The van der Waals surface area contributed by atoms with E-state index in [4.69, 9.17) is 0 Å². The molecule has 9 heteroatoms. The Labute approximate surface area is 112 Å². The number of nitrogens with two attached hydrogens (primary N) is 2. The minimum atomic E-state index is 0. The van der Waals surface area contributed by atoms with Gasteiger partial charge in [-0.05, 0) is 0 Å². The summed E-state index contributed by atoms with van der Waals surface area (Å²) in [4.78, 5) is 0. The third kappa shape index (κ3) is 33.6. The molecule has 0 unspecified atom stereocenters. The molecule has 0 aliphatic heterocycles. The van der Waals surface area contributed by atoms with Gasteiger partial charge >= 0.3 is 19.5 Å². The first-order valence-electron chi connectivity index (χ1n) is 1.87. The van der Waals surface area contributed by atoms with Gasteiger partial charge in [0.2, 0.25) is 0 Å². The molecule has 0 fully saturated rings. The Morgan fingerprint density at radius 2 is 1.00 bits per heavy atom. The van der Waals surface area contributed by atoms with Gasteiger partial charge in [0.25, 0.3) is 0 Å². The summed E-state index contributed by atoms with van der Waals surface area (Å²) in [7, 11) is 0. The van der Waals surface area contributed by atoms with Crippen LogP contribution in [-0.4, -0.2) is 8.64 Å². The van der Waals surface area contributed by atoms with Gasteiger partial charge in [-0.15, -0.1) is 0 Å². The number of thiocarbonyl (C=S) groups is 2. The second-order valence-corrected chi connectivity index (χ2v) is 3.62. The van der Waals surface area contributed by atoms with E-state index in [9.17, 15) is 0 Å². The minimum Gasteiger partial charge on any atom is -0.493 e. The van der Waals surface area contributed by atoms with E-state index in [1.54, 1.807) is 0 Å². The van der Waals surface area contributed by atoms with E-state index < -0.39 is 0 Å². The van der Waals surface area contributed by atoms with Crippen molar-refractivity contribution >= 4 is 84.0 Å². The van der Waals surface area contributed by atoms with Crippen molar-refractivity contribution in [2.75, 3.05) is 0 Å². The third-order valence-corrected chi connectivity index (χ3v) is 1.73. The normalized spacial score (nSPS) is 6.73. The van der Waals surface area contributed by atoms with Crippen molar-refractivity contribution in [2.45, 2.75) is 0 Å². The summed E-state index contributed by atoms with van der Waals surface area (Å²) < 4.78 is 3.31. The maximum absolute atomic E-state index is 4.35. The predicted octanol–water partition coefficient (Wildman–Crippen LogP) is -2.32. The number of hydrogen-bond donors (Lipinski definition) is 2. The van der Waals surface area contributed by atoms with Crippen LogP contribution in [0.4, 0.5) is 0 Å². The average molecular weight is 314 g/mol. The van der Waals surface area contributed by atoms with Crippen LogP contribution in [0, 0.1) is 0 Å². The third-order valence-electron chi connectivity index (χ3n) is 0.192. The summed E-state index contributed by atoms with van der Waals surface area (Å²) in [6, 6.07) is 0. The van der Waals surface area contributed by atoms with Crippen LogP contribution in [-0.2, 0) is 70.4 Å². The molecule has 2 nitrogen and oxygen atoms in total. The Kier molecular flexibility index (Phi) is 24.3. The van der Waals surface area contributed by atoms with Crippen molar-refractivity contribution in [1.82, 2.24) is 0 Å². The quantitative estimate of drug-likeness (QED) is 0.297. The fourth-order valence-electron chi connectivity index (χ4n) is 0. The van der Waals surface area contributed by atoms with Crippen LogP contribution in [0.15, 0.2) is 0 Å². The molecule has 60 valence electrons. The van der Waals surface area contributed by atoms with Crippen LogP contribution in [0.5, 0.6) is 0 Å². The fourth-order valence-corrected chi connectivity index (χ4v) is 0. The Hall–Kier alpha value is 1.86. The van der Waals surface area contributed by atoms with Gasteiger partial charge in [0.1, 0.15) is 0 Å². The Bertz CT molecular complexity index is 103. The predicted molar refractivity (Wildman–Crippen MR) is 58.5 cm³/mol. The van der Waals surface area contributed by atoms with Crippen LogP contribution in [0.2, 0.25) is 0 Å². The second kappa shape index (κ2) is 14.4. The maximum atomic E-state index is 4.35. The smallest absolute Gasteiger partial charge is 0.493 e. The number of hydrogen-bond acceptors (Lipinski definition) is 6. The molecule has 0 saturated carbocycles. The molecular weight excluding hydrogens is 310 g/mol. The molecule has 0 aliphatic rings. The number of rotatable bonds is 0. The zero-order chi connectivity index (χ0) is 8.57. The van der Waals surface area contributed by atoms with Crippen molar-refractivity contribution in [3.05, 3.63) is 0 Å². The van der Waals surface area contributed by atoms with Gasteiger partial charge in [-0.3, -0.25) is 0 Å². The van der Waals surface area contributed by atoms with Gasteiger partial charge in [0.05, 0.1) is 0 Å². The van der Waals surface area contributed by atoms with Crippen molar-refractivity contribution in [3.63, 3.8) is 0 Å². The van der Waals surface area contributed by atoms with E-state index in [-0.39, 0.29) is 19.5 Å². The molecule has 0 aromatic rings. The van der Waals surface area contributed by atoms with Crippen molar-refractivity contribution < 1.29 is 28.9 Å². The SMILES string of the molecule is S=C([S-])[NH2+][S-].S=C([S-])[NH2+][S-].[Zn+2]. The first-order valence-corrected chi connectivity index (χ1v) is 4.44. The molecule has 4 N–H and O–H groups in total. The fraction of sp³-hybridized carbons (Fsp3) is 0. The molecular formula is C2H4N2S6Zn. The Balaban J connectivity index is -0.000000107. The molecule has 0 aromatic carbocycles. The van der Waals surface area contributed by atoms with Crippen LogP contribution in [0.3, 0.4) is 0 Å². The molecule has 11 heavy (non-hydrogen) atoms. The van der Waals surface area contributed by atoms with Crippen LogP contribution < -0.4 is 9.44 Å². The molecule has 0 saturated heterocycles. The zero-order valence-electron chi connectivity index (χ0n) is 5.31. The molecule has 0 aliphatic carbocycles. The Morgan fingerprint density at radius 3 is 1.00 bits per heavy atom. The first kappa shape index (κ1) is 18.6. The molecule has 0 radical (unpaired) electrons. The molecule has 0 spiro atoms. The summed E-state index contributed by atoms with van der Waals surface area (Å²) >= 11 is 26.0. The molecule has 0 aromatic heterocycles. The van der Waals surface area contributed by atoms with E-state index in [1.165, 1.54) is 9.44 Å². The summed E-state index contributed by atoms with van der Waals surface area (Å²) in [5, 5.41) is 0. The van der Waals surface area contributed by atoms with Gasteiger partial charge in [-0.1, -0.05) is 0 Å². The van der Waals surface area contributed by atoms with Crippen LogP contribution >= 0.6 is 24.4 Å². The van der Waals surface area contributed by atoms with Crippen LogP contribution in [0.1, 0.15) is 0 Å². The second-order valence-electron chi connectivity index (χ2n) is 0.874. The van der Waals surface area contributed by atoms with Crippen molar-refractivity contribution in [2.24, 2.45) is 0 Å². The van der Waals surface area contributed by atoms with Gasteiger partial charge in [0, 0.05) is 8.64 Å². The molecule has 0 atom stereocenters. The summed E-state index contributed by atoms with van der Waals surface area (Å²) in [6.45, 7) is 0. The van der Waals surface area contributed by atoms with E-state index in [1.807, 2.05) is 0 Å². The zero-order valence-corrected chi connectivity index (χ0v) is 13.2. The summed E-state index contributed by atoms with van der Waals surface area (Å²) in [5.74, 6) is 0. The summed E-state index contributed by atoms with van der Waals surface area (Å²) in [5.41, 5.74) is 0. The molecule has 0 heterocycles. The molecule has 0 rings (SSSR count). The van der Waals surface area contributed by atoms with Crippen molar-refractivity contribution in [3.8, 4) is 0 Å². The van der Waals surface area contributed by atoms with Crippen LogP contribution in [0.25, 0.3) is 0 Å². The van der Waals surface area contributed by atoms with Gasteiger partial charge in [-0.2, -0.15) is 0 Å². The first-order chi connectivity index (χ1) is 4.54. The van der Waals surface area contributed by atoms with E-state index in [2.05, 4.69) is 75.3 Å².